The van der Waals surface area contributed by atoms with Crippen LogP contribution in [-0.4, -0.2) is 59.5 Å². The zero-order valence-electron chi connectivity index (χ0n) is 11.6. The molecule has 110 valence electrons. The lowest BCUT2D eigenvalue weighted by atomic mass is 10.1. The van der Waals surface area contributed by atoms with Gasteiger partial charge in [0.2, 0.25) is 0 Å². The maximum atomic E-state index is 12.3. The van der Waals surface area contributed by atoms with Crippen LogP contribution in [0.15, 0.2) is 17.5 Å². The summed E-state index contributed by atoms with van der Waals surface area (Å²) in [5.41, 5.74) is 0. The maximum absolute atomic E-state index is 12.3. The smallest absolute Gasteiger partial charge is 0.307 e. The van der Waals surface area contributed by atoms with Crippen LogP contribution in [0.3, 0.4) is 0 Å². The number of amides is 1. The van der Waals surface area contributed by atoms with Crippen molar-refractivity contribution in [2.24, 2.45) is 5.92 Å². The van der Waals surface area contributed by atoms with Crippen LogP contribution >= 0.6 is 11.3 Å². The topological polar surface area (TPSA) is 60.9 Å². The number of rotatable bonds is 4. The fourth-order valence-electron chi connectivity index (χ4n) is 2.38. The Balaban J connectivity index is 1.89. The van der Waals surface area contributed by atoms with Gasteiger partial charge in [0.1, 0.15) is 0 Å². The molecule has 1 aromatic heterocycles. The van der Waals surface area contributed by atoms with Crippen molar-refractivity contribution in [2.45, 2.75) is 13.3 Å². The summed E-state index contributed by atoms with van der Waals surface area (Å²) < 4.78 is 0. The molecule has 0 radical (unpaired) electrons. The van der Waals surface area contributed by atoms with Crippen LogP contribution in [0.5, 0.6) is 0 Å². The highest BCUT2D eigenvalue weighted by Gasteiger charge is 2.22. The Morgan fingerprint density at radius 3 is 2.80 bits per heavy atom. The molecule has 0 saturated carbocycles. The van der Waals surface area contributed by atoms with Gasteiger partial charge in [-0.1, -0.05) is 13.0 Å². The van der Waals surface area contributed by atoms with Gasteiger partial charge in [0.25, 0.3) is 5.91 Å². The number of aliphatic carboxylic acids is 1. The van der Waals surface area contributed by atoms with Crippen LogP contribution in [0.2, 0.25) is 0 Å². The molecule has 1 fully saturated rings. The number of carboxylic acids is 1. The molecule has 20 heavy (non-hydrogen) atoms. The van der Waals surface area contributed by atoms with Crippen molar-refractivity contribution in [2.75, 3.05) is 32.7 Å². The van der Waals surface area contributed by atoms with Crippen LogP contribution < -0.4 is 0 Å². The van der Waals surface area contributed by atoms with E-state index in [1.807, 2.05) is 22.4 Å². The number of thiophene rings is 1. The predicted octanol–water partition coefficient (Wildman–Crippen LogP) is 1.62. The number of nitrogens with zero attached hydrogens (tertiary/aromatic N) is 2. The molecule has 2 rings (SSSR count). The van der Waals surface area contributed by atoms with E-state index in [0.29, 0.717) is 13.1 Å². The Morgan fingerprint density at radius 2 is 2.15 bits per heavy atom. The molecule has 1 N–H and O–H groups in total. The molecule has 0 aromatic carbocycles. The monoisotopic (exact) mass is 296 g/mol. The Bertz CT molecular complexity index is 461. The van der Waals surface area contributed by atoms with E-state index in [1.54, 1.807) is 6.92 Å². The van der Waals surface area contributed by atoms with Crippen molar-refractivity contribution in [3.8, 4) is 0 Å². The normalized spacial score (nSPS) is 18.6. The molecule has 1 unspecified atom stereocenters. The van der Waals surface area contributed by atoms with E-state index in [0.717, 1.165) is 30.9 Å². The molecule has 6 heteroatoms. The van der Waals surface area contributed by atoms with Gasteiger partial charge in [-0.05, 0) is 24.4 Å². The molecule has 0 aliphatic carbocycles. The third-order valence-electron chi connectivity index (χ3n) is 3.56. The minimum Gasteiger partial charge on any atom is -0.481 e. The highest BCUT2D eigenvalue weighted by atomic mass is 32.1. The van der Waals surface area contributed by atoms with E-state index in [1.165, 1.54) is 11.3 Å². The van der Waals surface area contributed by atoms with Crippen LogP contribution in [-0.2, 0) is 4.79 Å². The summed E-state index contributed by atoms with van der Waals surface area (Å²) in [7, 11) is 0. The highest BCUT2D eigenvalue weighted by molar-refractivity contribution is 7.12. The molecular weight excluding hydrogens is 276 g/mol. The van der Waals surface area contributed by atoms with Crippen molar-refractivity contribution >= 4 is 23.2 Å². The minimum atomic E-state index is -0.763. The molecule has 0 spiro atoms. The second-order valence-electron chi connectivity index (χ2n) is 5.16. The summed E-state index contributed by atoms with van der Waals surface area (Å²) in [6, 6.07) is 3.73. The summed E-state index contributed by atoms with van der Waals surface area (Å²) in [5, 5.41) is 10.9. The van der Waals surface area contributed by atoms with Crippen molar-refractivity contribution in [3.63, 3.8) is 0 Å². The molecule has 1 saturated heterocycles. The minimum absolute atomic E-state index is 0.0909. The molecule has 0 bridgehead atoms. The third-order valence-corrected chi connectivity index (χ3v) is 4.42. The van der Waals surface area contributed by atoms with E-state index in [4.69, 9.17) is 5.11 Å². The zero-order chi connectivity index (χ0) is 14.5. The Kier molecular flexibility index (Phi) is 5.14. The van der Waals surface area contributed by atoms with Gasteiger partial charge >= 0.3 is 5.97 Å². The summed E-state index contributed by atoms with van der Waals surface area (Å²) in [5.74, 6) is -1.04. The zero-order valence-corrected chi connectivity index (χ0v) is 12.4. The number of carboxylic acid groups (broad SMARTS) is 1. The molecule has 1 aliphatic heterocycles. The van der Waals surface area contributed by atoms with Gasteiger partial charge in [0, 0.05) is 26.2 Å². The van der Waals surface area contributed by atoms with Gasteiger partial charge in [-0.25, -0.2) is 0 Å². The lowest BCUT2D eigenvalue weighted by Crippen LogP contribution is -2.37. The lowest BCUT2D eigenvalue weighted by molar-refractivity contribution is -0.141. The number of hydrogen-bond donors (Lipinski definition) is 1. The van der Waals surface area contributed by atoms with E-state index in [-0.39, 0.29) is 11.8 Å². The average Bonchev–Trinajstić information content (AvgIpc) is 2.85. The summed E-state index contributed by atoms with van der Waals surface area (Å²) in [4.78, 5) is 28.0. The summed E-state index contributed by atoms with van der Waals surface area (Å²) in [6.07, 6.45) is 0.892. The van der Waals surface area contributed by atoms with Gasteiger partial charge in [-0.2, -0.15) is 0 Å². The van der Waals surface area contributed by atoms with Crippen LogP contribution in [0.25, 0.3) is 0 Å². The molecule has 1 atom stereocenters. The predicted molar refractivity (Wildman–Crippen MR) is 78.1 cm³/mol. The van der Waals surface area contributed by atoms with E-state index in [9.17, 15) is 9.59 Å². The van der Waals surface area contributed by atoms with Crippen molar-refractivity contribution in [1.29, 1.82) is 0 Å². The molecule has 5 nitrogen and oxygen atoms in total. The molecule has 1 aliphatic rings. The Morgan fingerprint density at radius 1 is 1.35 bits per heavy atom. The van der Waals surface area contributed by atoms with Gasteiger partial charge in [-0.15, -0.1) is 11.3 Å². The first-order chi connectivity index (χ1) is 9.58. The Labute approximate surface area is 122 Å². The summed E-state index contributed by atoms with van der Waals surface area (Å²) >= 11 is 1.46. The van der Waals surface area contributed by atoms with Gasteiger partial charge in [0.05, 0.1) is 10.8 Å². The van der Waals surface area contributed by atoms with Crippen LogP contribution in [0.4, 0.5) is 0 Å². The fourth-order valence-corrected chi connectivity index (χ4v) is 3.07. The first kappa shape index (κ1) is 15.0. The molecule has 2 heterocycles. The fraction of sp³-hybridized carbons (Fsp3) is 0.571. The van der Waals surface area contributed by atoms with Crippen molar-refractivity contribution < 1.29 is 14.7 Å². The van der Waals surface area contributed by atoms with Gasteiger partial charge in [-0.3, -0.25) is 9.59 Å². The number of hydrogen-bond acceptors (Lipinski definition) is 4. The largest absolute Gasteiger partial charge is 0.481 e. The van der Waals surface area contributed by atoms with Gasteiger partial charge in [0.15, 0.2) is 0 Å². The number of carbonyl (C=O) groups is 2. The van der Waals surface area contributed by atoms with Gasteiger partial charge < -0.3 is 14.9 Å². The van der Waals surface area contributed by atoms with E-state index < -0.39 is 5.97 Å². The van der Waals surface area contributed by atoms with Crippen molar-refractivity contribution in [1.82, 2.24) is 9.80 Å². The first-order valence-corrected chi connectivity index (χ1v) is 7.74. The third kappa shape index (κ3) is 3.80. The molecular formula is C14H20N2O3S. The second-order valence-corrected chi connectivity index (χ2v) is 6.11. The maximum Gasteiger partial charge on any atom is 0.307 e. The standard InChI is InChI=1S/C14H20N2O3S/c1-11(14(18)19)10-15-5-3-6-16(8-7-15)13(17)12-4-2-9-20-12/h2,4,9,11H,3,5-8,10H2,1H3,(H,18,19). The van der Waals surface area contributed by atoms with Crippen LogP contribution in [0.1, 0.15) is 23.0 Å². The highest BCUT2D eigenvalue weighted by Crippen LogP contribution is 2.14. The molecule has 1 amide bonds. The summed E-state index contributed by atoms with van der Waals surface area (Å²) in [6.45, 7) is 5.29. The SMILES string of the molecule is CC(CN1CCCN(C(=O)c2cccs2)CC1)C(=O)O. The second kappa shape index (κ2) is 6.85. The molecule has 1 aromatic rings. The van der Waals surface area contributed by atoms with E-state index >= 15 is 0 Å². The van der Waals surface area contributed by atoms with E-state index in [2.05, 4.69) is 4.90 Å². The van der Waals surface area contributed by atoms with Crippen LogP contribution in [0, 0.1) is 5.92 Å². The average molecular weight is 296 g/mol. The lowest BCUT2D eigenvalue weighted by Gasteiger charge is -2.23. The van der Waals surface area contributed by atoms with Crippen molar-refractivity contribution in [3.05, 3.63) is 22.4 Å². The quantitative estimate of drug-likeness (QED) is 0.917. The first-order valence-electron chi connectivity index (χ1n) is 6.86. The Hall–Kier alpha value is -1.40. The number of carbonyl (C=O) groups excluding carboxylic acids is 1.